The topological polar surface area (TPSA) is 44.4 Å². The van der Waals surface area contributed by atoms with Crippen molar-refractivity contribution in [1.29, 1.82) is 0 Å². The average Bonchev–Trinajstić information content (AvgIpc) is 2.45. The van der Waals surface area contributed by atoms with Crippen molar-refractivity contribution in [3.63, 3.8) is 0 Å². The Labute approximate surface area is 131 Å². The molecule has 0 spiro atoms. The highest BCUT2D eigenvalue weighted by Crippen LogP contribution is 2.20. The van der Waals surface area contributed by atoms with Crippen LogP contribution in [-0.4, -0.2) is 49.1 Å². The quantitative estimate of drug-likeness (QED) is 0.722. The fourth-order valence-corrected chi connectivity index (χ4v) is 2.93. The van der Waals surface area contributed by atoms with Crippen LogP contribution in [0.2, 0.25) is 0 Å². The summed E-state index contributed by atoms with van der Waals surface area (Å²) in [4.78, 5) is 14.4. The molecule has 2 N–H and O–H groups in total. The van der Waals surface area contributed by atoms with E-state index in [1.54, 1.807) is 0 Å². The molecule has 21 heavy (non-hydrogen) atoms. The molecule has 3 atom stereocenters. The van der Waals surface area contributed by atoms with Gasteiger partial charge >= 0.3 is 0 Å². The Balaban J connectivity index is 2.39. The van der Waals surface area contributed by atoms with Crippen LogP contribution in [0.15, 0.2) is 0 Å². The number of nitrogens with one attached hydrogen (secondary N) is 2. The summed E-state index contributed by atoms with van der Waals surface area (Å²) in [5, 5.41) is 6.77. The van der Waals surface area contributed by atoms with Gasteiger partial charge in [0.25, 0.3) is 0 Å². The monoisotopic (exact) mass is 297 g/mol. The average molecular weight is 297 g/mol. The van der Waals surface area contributed by atoms with Crippen LogP contribution in [0.4, 0.5) is 0 Å². The van der Waals surface area contributed by atoms with Gasteiger partial charge in [0, 0.05) is 25.2 Å². The molecule has 4 nitrogen and oxygen atoms in total. The Kier molecular flexibility index (Phi) is 8.27. The Morgan fingerprint density at radius 1 is 1.29 bits per heavy atom. The molecule has 1 amide bonds. The fraction of sp³-hybridized carbons (Fsp3) is 0.941. The second-order valence-corrected chi connectivity index (χ2v) is 6.85. The summed E-state index contributed by atoms with van der Waals surface area (Å²) in [6.45, 7) is 14.6. The molecular formula is C17H35N3O. The highest BCUT2D eigenvalue weighted by molar-refractivity contribution is 5.78. The van der Waals surface area contributed by atoms with Gasteiger partial charge in [-0.05, 0) is 38.1 Å². The zero-order chi connectivity index (χ0) is 15.8. The van der Waals surface area contributed by atoms with Crippen molar-refractivity contribution in [2.45, 2.75) is 66.0 Å². The van der Waals surface area contributed by atoms with Crippen molar-refractivity contribution in [3.05, 3.63) is 0 Å². The summed E-state index contributed by atoms with van der Waals surface area (Å²) >= 11 is 0. The minimum Gasteiger partial charge on any atom is -0.352 e. The first-order valence-corrected chi connectivity index (χ1v) is 8.72. The molecule has 3 unspecified atom stereocenters. The predicted octanol–water partition coefficient (Wildman–Crippen LogP) is 2.25. The van der Waals surface area contributed by atoms with Crippen LogP contribution in [0, 0.1) is 11.8 Å². The second kappa shape index (κ2) is 9.42. The first-order valence-electron chi connectivity index (χ1n) is 8.72. The van der Waals surface area contributed by atoms with Crippen molar-refractivity contribution in [2.24, 2.45) is 11.8 Å². The number of hydrogen-bond acceptors (Lipinski definition) is 3. The van der Waals surface area contributed by atoms with Gasteiger partial charge < -0.3 is 10.6 Å². The van der Waals surface area contributed by atoms with Crippen LogP contribution < -0.4 is 10.6 Å². The van der Waals surface area contributed by atoms with Gasteiger partial charge in [-0.25, -0.2) is 0 Å². The van der Waals surface area contributed by atoms with E-state index in [-0.39, 0.29) is 11.9 Å². The molecule has 0 radical (unpaired) electrons. The number of carbonyl (C=O) groups is 1. The van der Waals surface area contributed by atoms with Crippen LogP contribution in [0.1, 0.15) is 53.9 Å². The highest BCUT2D eigenvalue weighted by atomic mass is 16.2. The molecule has 0 aromatic heterocycles. The summed E-state index contributed by atoms with van der Waals surface area (Å²) in [6.07, 6.45) is 3.53. The Hall–Kier alpha value is -0.610. The number of carbonyl (C=O) groups excluding carboxylic acids is 1. The van der Waals surface area contributed by atoms with E-state index in [4.69, 9.17) is 0 Å². The van der Waals surface area contributed by atoms with Crippen molar-refractivity contribution in [2.75, 3.05) is 26.2 Å². The van der Waals surface area contributed by atoms with Gasteiger partial charge in [-0.2, -0.15) is 0 Å². The zero-order valence-corrected chi connectivity index (χ0v) is 14.6. The van der Waals surface area contributed by atoms with Crippen LogP contribution in [-0.2, 0) is 4.79 Å². The van der Waals surface area contributed by atoms with E-state index in [1.165, 1.54) is 12.8 Å². The molecule has 1 heterocycles. The summed E-state index contributed by atoms with van der Waals surface area (Å²) in [7, 11) is 0. The lowest BCUT2D eigenvalue weighted by atomic mass is 9.90. The lowest BCUT2D eigenvalue weighted by Crippen LogP contribution is -2.52. The summed E-state index contributed by atoms with van der Waals surface area (Å²) < 4.78 is 0. The van der Waals surface area contributed by atoms with E-state index in [0.29, 0.717) is 24.4 Å². The first kappa shape index (κ1) is 18.4. The lowest BCUT2D eigenvalue weighted by Gasteiger charge is -2.38. The lowest BCUT2D eigenvalue weighted by molar-refractivity contribution is -0.123. The largest absolute Gasteiger partial charge is 0.352 e. The molecule has 0 bridgehead atoms. The summed E-state index contributed by atoms with van der Waals surface area (Å²) in [6, 6.07) is 0.882. The second-order valence-electron chi connectivity index (χ2n) is 6.85. The van der Waals surface area contributed by atoms with Crippen molar-refractivity contribution in [3.8, 4) is 0 Å². The summed E-state index contributed by atoms with van der Waals surface area (Å²) in [5.74, 6) is 1.33. The first-order chi connectivity index (χ1) is 9.97. The van der Waals surface area contributed by atoms with Crippen LogP contribution in [0.5, 0.6) is 0 Å². The molecule has 4 heteroatoms. The number of amides is 1. The van der Waals surface area contributed by atoms with Crippen LogP contribution in [0.3, 0.4) is 0 Å². The normalized spacial score (nSPS) is 25.0. The van der Waals surface area contributed by atoms with Crippen LogP contribution >= 0.6 is 0 Å². The van der Waals surface area contributed by atoms with Gasteiger partial charge in [0.15, 0.2) is 0 Å². The third-order valence-electron chi connectivity index (χ3n) is 4.75. The van der Waals surface area contributed by atoms with Gasteiger partial charge in [-0.3, -0.25) is 9.69 Å². The molecule has 0 aliphatic carbocycles. The smallest absolute Gasteiger partial charge is 0.234 e. The van der Waals surface area contributed by atoms with E-state index in [9.17, 15) is 4.79 Å². The number of hydrogen-bond donors (Lipinski definition) is 2. The van der Waals surface area contributed by atoms with Gasteiger partial charge in [0.05, 0.1) is 6.54 Å². The maximum absolute atomic E-state index is 12.1. The van der Waals surface area contributed by atoms with E-state index in [1.807, 2.05) is 0 Å². The maximum Gasteiger partial charge on any atom is 0.234 e. The highest BCUT2D eigenvalue weighted by Gasteiger charge is 2.28. The molecule has 124 valence electrons. The molecule has 1 saturated heterocycles. The summed E-state index contributed by atoms with van der Waals surface area (Å²) in [5.41, 5.74) is 0. The SMILES string of the molecule is CCCNC1CCN(CC(=O)NC(C)C(C)C)CC1CC. The molecular weight excluding hydrogens is 262 g/mol. The Morgan fingerprint density at radius 2 is 2.00 bits per heavy atom. The van der Waals surface area contributed by atoms with E-state index in [2.05, 4.69) is 50.2 Å². The molecule has 0 saturated carbocycles. The molecule has 1 rings (SSSR count). The predicted molar refractivity (Wildman–Crippen MR) is 89.4 cm³/mol. The number of piperidine rings is 1. The van der Waals surface area contributed by atoms with Crippen LogP contribution in [0.25, 0.3) is 0 Å². The third-order valence-corrected chi connectivity index (χ3v) is 4.75. The van der Waals surface area contributed by atoms with Crippen molar-refractivity contribution < 1.29 is 4.79 Å². The van der Waals surface area contributed by atoms with Gasteiger partial charge in [-0.1, -0.05) is 34.1 Å². The maximum atomic E-state index is 12.1. The van der Waals surface area contributed by atoms with Gasteiger partial charge in [-0.15, -0.1) is 0 Å². The molecule has 0 aromatic rings. The number of likely N-dealkylation sites (tertiary alicyclic amines) is 1. The van der Waals surface area contributed by atoms with E-state index >= 15 is 0 Å². The van der Waals surface area contributed by atoms with Crippen molar-refractivity contribution >= 4 is 5.91 Å². The Bertz CT molecular complexity index is 306. The molecule has 1 aliphatic heterocycles. The van der Waals surface area contributed by atoms with Gasteiger partial charge in [0.1, 0.15) is 0 Å². The molecule has 0 aromatic carbocycles. The fourth-order valence-electron chi connectivity index (χ4n) is 2.93. The number of rotatable bonds is 8. The third kappa shape index (κ3) is 6.35. The standard InChI is InChI=1S/C17H35N3O/c1-6-9-18-16-8-10-20(11-15(16)7-2)12-17(21)19-14(5)13(3)4/h13-16,18H,6-12H2,1-5H3,(H,19,21). The van der Waals surface area contributed by atoms with Crippen molar-refractivity contribution in [1.82, 2.24) is 15.5 Å². The minimum atomic E-state index is 0.172. The van der Waals surface area contributed by atoms with Gasteiger partial charge in [0.2, 0.25) is 5.91 Å². The zero-order valence-electron chi connectivity index (χ0n) is 14.6. The number of nitrogens with zero attached hydrogens (tertiary/aromatic N) is 1. The Morgan fingerprint density at radius 3 is 2.57 bits per heavy atom. The minimum absolute atomic E-state index is 0.172. The molecule has 1 fully saturated rings. The van der Waals surface area contributed by atoms with E-state index < -0.39 is 0 Å². The molecule has 1 aliphatic rings. The van der Waals surface area contributed by atoms with E-state index in [0.717, 1.165) is 26.1 Å².